The normalized spacial score (nSPS) is 11.4. The molecule has 0 fully saturated rings. The number of amidine groups is 1. The minimum Gasteiger partial charge on any atom is -0.304 e. The second kappa shape index (κ2) is 8.55. The maximum atomic E-state index is 13.4. The van der Waals surface area contributed by atoms with Crippen LogP contribution in [-0.4, -0.2) is 27.7 Å². The molecule has 148 valence electrons. The van der Waals surface area contributed by atoms with Gasteiger partial charge in [0, 0.05) is 23.9 Å². The van der Waals surface area contributed by atoms with Crippen LogP contribution in [0, 0.1) is 11.6 Å². The highest BCUT2D eigenvalue weighted by Gasteiger charge is 2.16. The number of carbonyl (C=O) groups is 2. The number of halogens is 2. The van der Waals surface area contributed by atoms with Crippen LogP contribution in [0.5, 0.6) is 0 Å². The van der Waals surface area contributed by atoms with Gasteiger partial charge in [-0.25, -0.2) is 13.6 Å². The molecule has 0 aliphatic heterocycles. The Balaban J connectivity index is 1.79. The van der Waals surface area contributed by atoms with E-state index in [1.807, 2.05) is 24.3 Å². The summed E-state index contributed by atoms with van der Waals surface area (Å²) in [6.07, 6.45) is 3.19. The standard InChI is InChI=1S/C21H18F2N4O2/c1-13(27(14(2)28)12-15-7-8-18(22)19(23)9-15)25-21(29)26-20-11-24-10-16-5-3-4-6-17(16)20/h3-11H,12H2,1-2H3,(H,26,29). The van der Waals surface area contributed by atoms with E-state index < -0.39 is 23.6 Å². The Kier molecular flexibility index (Phi) is 5.92. The molecule has 3 rings (SSSR count). The first-order valence-corrected chi connectivity index (χ1v) is 8.76. The number of amides is 3. The SMILES string of the molecule is CC(=O)N(Cc1ccc(F)c(F)c1)C(C)=NC(=O)Nc1cncc2ccccc12. The fourth-order valence-corrected chi connectivity index (χ4v) is 2.84. The van der Waals surface area contributed by atoms with E-state index in [4.69, 9.17) is 0 Å². The molecule has 1 N–H and O–H groups in total. The van der Waals surface area contributed by atoms with Crippen LogP contribution >= 0.6 is 0 Å². The van der Waals surface area contributed by atoms with Crippen molar-refractivity contribution in [2.45, 2.75) is 20.4 Å². The molecule has 1 heterocycles. The van der Waals surface area contributed by atoms with Gasteiger partial charge in [0.15, 0.2) is 11.6 Å². The van der Waals surface area contributed by atoms with Gasteiger partial charge in [-0.2, -0.15) is 4.99 Å². The molecule has 8 heteroatoms. The third-order valence-electron chi connectivity index (χ3n) is 4.27. The van der Waals surface area contributed by atoms with Crippen LogP contribution < -0.4 is 5.32 Å². The summed E-state index contributed by atoms with van der Waals surface area (Å²) in [6.45, 7) is 2.73. The highest BCUT2D eigenvalue weighted by Crippen LogP contribution is 2.21. The van der Waals surface area contributed by atoms with E-state index >= 15 is 0 Å². The second-order valence-electron chi connectivity index (χ2n) is 6.35. The van der Waals surface area contributed by atoms with Crippen molar-refractivity contribution in [1.82, 2.24) is 9.88 Å². The summed E-state index contributed by atoms with van der Waals surface area (Å²) in [6, 6.07) is 10.1. The van der Waals surface area contributed by atoms with E-state index in [0.29, 0.717) is 11.3 Å². The van der Waals surface area contributed by atoms with Crippen molar-refractivity contribution in [2.75, 3.05) is 5.32 Å². The van der Waals surface area contributed by atoms with E-state index in [1.54, 1.807) is 6.20 Å². The Bertz CT molecular complexity index is 1110. The molecule has 3 amide bonds. The second-order valence-corrected chi connectivity index (χ2v) is 6.35. The van der Waals surface area contributed by atoms with E-state index in [0.717, 1.165) is 22.9 Å². The van der Waals surface area contributed by atoms with Gasteiger partial charge in [0.1, 0.15) is 5.84 Å². The van der Waals surface area contributed by atoms with E-state index in [9.17, 15) is 18.4 Å². The number of aromatic nitrogens is 1. The topological polar surface area (TPSA) is 74.7 Å². The number of urea groups is 1. The molecule has 0 radical (unpaired) electrons. The number of aliphatic imine (C=N–C) groups is 1. The number of anilines is 1. The Hall–Kier alpha value is -3.68. The highest BCUT2D eigenvalue weighted by molar-refractivity contribution is 6.07. The monoisotopic (exact) mass is 396 g/mol. The zero-order valence-corrected chi connectivity index (χ0v) is 15.8. The van der Waals surface area contributed by atoms with Crippen molar-refractivity contribution in [3.63, 3.8) is 0 Å². The van der Waals surface area contributed by atoms with E-state index in [1.165, 1.54) is 31.0 Å². The van der Waals surface area contributed by atoms with Gasteiger partial charge in [-0.15, -0.1) is 0 Å². The summed E-state index contributed by atoms with van der Waals surface area (Å²) in [5.74, 6) is -2.26. The Morgan fingerprint density at radius 3 is 2.55 bits per heavy atom. The van der Waals surface area contributed by atoms with Crippen molar-refractivity contribution < 1.29 is 18.4 Å². The highest BCUT2D eigenvalue weighted by atomic mass is 19.2. The van der Waals surface area contributed by atoms with Crippen molar-refractivity contribution in [2.24, 2.45) is 4.99 Å². The zero-order chi connectivity index (χ0) is 21.0. The number of carbonyl (C=O) groups excluding carboxylic acids is 2. The molecular weight excluding hydrogens is 378 g/mol. The quantitative estimate of drug-likeness (QED) is 0.523. The average molecular weight is 396 g/mol. The molecule has 3 aromatic rings. The first-order valence-electron chi connectivity index (χ1n) is 8.76. The summed E-state index contributed by atoms with van der Waals surface area (Å²) in [5.41, 5.74) is 0.854. The van der Waals surface area contributed by atoms with Gasteiger partial charge in [-0.05, 0) is 24.6 Å². The third kappa shape index (κ3) is 4.78. The van der Waals surface area contributed by atoms with Crippen molar-refractivity contribution in [1.29, 1.82) is 0 Å². The number of pyridine rings is 1. The average Bonchev–Trinajstić information content (AvgIpc) is 2.68. The fraction of sp³-hybridized carbons (Fsp3) is 0.143. The Labute approximate surface area is 165 Å². The number of benzene rings is 2. The molecule has 6 nitrogen and oxygen atoms in total. The molecule has 0 aliphatic rings. The van der Waals surface area contributed by atoms with E-state index in [2.05, 4.69) is 15.3 Å². The predicted molar refractivity (Wildman–Crippen MR) is 106 cm³/mol. The molecule has 0 spiro atoms. The summed E-state index contributed by atoms with van der Waals surface area (Å²) < 4.78 is 26.5. The fourth-order valence-electron chi connectivity index (χ4n) is 2.84. The van der Waals surface area contributed by atoms with Gasteiger partial charge in [-0.1, -0.05) is 30.3 Å². The molecule has 0 saturated carbocycles. The van der Waals surface area contributed by atoms with Gasteiger partial charge >= 0.3 is 6.03 Å². The number of hydrogen-bond donors (Lipinski definition) is 1. The van der Waals surface area contributed by atoms with Crippen LogP contribution in [0.2, 0.25) is 0 Å². The largest absolute Gasteiger partial charge is 0.347 e. The van der Waals surface area contributed by atoms with Gasteiger partial charge in [0.2, 0.25) is 5.91 Å². The number of nitrogens with zero attached hydrogens (tertiary/aromatic N) is 3. The minimum atomic E-state index is -1.01. The summed E-state index contributed by atoms with van der Waals surface area (Å²) in [5, 5.41) is 4.31. The molecule has 2 aromatic carbocycles. The third-order valence-corrected chi connectivity index (χ3v) is 4.27. The number of fused-ring (bicyclic) bond motifs is 1. The zero-order valence-electron chi connectivity index (χ0n) is 15.8. The van der Waals surface area contributed by atoms with Gasteiger partial charge in [0.05, 0.1) is 18.4 Å². The predicted octanol–water partition coefficient (Wildman–Crippen LogP) is 4.51. The van der Waals surface area contributed by atoms with Gasteiger partial charge in [0.25, 0.3) is 0 Å². The van der Waals surface area contributed by atoms with Crippen LogP contribution in [0.1, 0.15) is 19.4 Å². The van der Waals surface area contributed by atoms with Crippen LogP contribution in [0.15, 0.2) is 59.9 Å². The summed E-state index contributed by atoms with van der Waals surface area (Å²) in [7, 11) is 0. The maximum absolute atomic E-state index is 13.4. The smallest absolute Gasteiger partial charge is 0.304 e. The summed E-state index contributed by atoms with van der Waals surface area (Å²) in [4.78, 5) is 33.6. The van der Waals surface area contributed by atoms with Crippen LogP contribution in [0.3, 0.4) is 0 Å². The molecule has 29 heavy (non-hydrogen) atoms. The van der Waals surface area contributed by atoms with Crippen LogP contribution in [0.25, 0.3) is 10.8 Å². The molecular formula is C21H18F2N4O2. The van der Waals surface area contributed by atoms with Crippen molar-refractivity contribution >= 4 is 34.2 Å². The lowest BCUT2D eigenvalue weighted by atomic mass is 10.1. The Morgan fingerprint density at radius 2 is 1.83 bits per heavy atom. The Morgan fingerprint density at radius 1 is 1.07 bits per heavy atom. The first kappa shape index (κ1) is 20.1. The molecule has 0 unspecified atom stereocenters. The first-order chi connectivity index (χ1) is 13.8. The lowest BCUT2D eigenvalue weighted by Crippen LogP contribution is -2.34. The lowest BCUT2D eigenvalue weighted by molar-refractivity contribution is -0.125. The van der Waals surface area contributed by atoms with Crippen LogP contribution in [0.4, 0.5) is 19.3 Å². The van der Waals surface area contributed by atoms with E-state index in [-0.39, 0.29) is 12.4 Å². The molecule has 0 atom stereocenters. The van der Waals surface area contributed by atoms with Gasteiger partial charge in [-0.3, -0.25) is 14.7 Å². The maximum Gasteiger partial charge on any atom is 0.347 e. The number of hydrogen-bond acceptors (Lipinski definition) is 3. The summed E-state index contributed by atoms with van der Waals surface area (Å²) >= 11 is 0. The number of nitrogens with one attached hydrogen (secondary N) is 1. The van der Waals surface area contributed by atoms with Crippen molar-refractivity contribution in [3.8, 4) is 0 Å². The molecule has 1 aromatic heterocycles. The molecule has 0 bridgehead atoms. The lowest BCUT2D eigenvalue weighted by Gasteiger charge is -2.20. The van der Waals surface area contributed by atoms with Crippen LogP contribution in [-0.2, 0) is 11.3 Å². The van der Waals surface area contributed by atoms with Crippen molar-refractivity contribution in [3.05, 3.63) is 72.1 Å². The molecule has 0 aliphatic carbocycles. The molecule has 0 saturated heterocycles. The van der Waals surface area contributed by atoms with Gasteiger partial charge < -0.3 is 5.32 Å². The number of rotatable bonds is 3. The minimum absolute atomic E-state index is 0.0506.